The summed E-state index contributed by atoms with van der Waals surface area (Å²) in [6.45, 7) is 0. The Labute approximate surface area is 273 Å². The maximum absolute atomic E-state index is 2.45. The highest BCUT2D eigenvalue weighted by Crippen LogP contribution is 2.56. The van der Waals surface area contributed by atoms with Gasteiger partial charge in [-0.3, -0.25) is 0 Å². The van der Waals surface area contributed by atoms with Crippen LogP contribution in [0.2, 0.25) is 0 Å². The molecule has 220 valence electrons. The molecule has 2 heterocycles. The number of nitrogens with zero attached hydrogens (tertiary/aromatic N) is 2. The van der Waals surface area contributed by atoms with Gasteiger partial charge in [0.2, 0.25) is 0 Å². The maximum atomic E-state index is 2.45. The minimum atomic E-state index is -0.443. The third kappa shape index (κ3) is 3.55. The zero-order chi connectivity index (χ0) is 31.0. The number of rotatable bonds is 4. The summed E-state index contributed by atoms with van der Waals surface area (Å²) in [5.41, 5.74) is 13.3. The summed E-state index contributed by atoms with van der Waals surface area (Å²) < 4.78 is 4.84. The van der Waals surface area contributed by atoms with Gasteiger partial charge in [0, 0.05) is 33.7 Å². The van der Waals surface area contributed by atoms with E-state index in [0.717, 1.165) is 11.4 Å². The molecule has 47 heavy (non-hydrogen) atoms. The van der Waals surface area contributed by atoms with Crippen LogP contribution in [0.15, 0.2) is 182 Å². The molecule has 10 rings (SSSR count). The SMILES string of the molecule is c1ccc(-n2c3ccccc3c3ccc4ccn(-c5ccc6c(c5)C(c5ccccc5)(c5ccccc5)c5ccccc5-6)c4c32)cc1. The van der Waals surface area contributed by atoms with E-state index in [1.54, 1.807) is 0 Å². The molecule has 2 aromatic heterocycles. The van der Waals surface area contributed by atoms with Crippen LogP contribution in [0, 0.1) is 0 Å². The quantitative estimate of drug-likeness (QED) is 0.191. The summed E-state index contributed by atoms with van der Waals surface area (Å²) in [6, 6.07) is 64.5. The van der Waals surface area contributed by atoms with Crippen LogP contribution in [-0.4, -0.2) is 9.13 Å². The minimum Gasteiger partial charge on any atom is -0.315 e. The molecule has 1 aliphatic carbocycles. The summed E-state index contributed by atoms with van der Waals surface area (Å²) in [5, 5.41) is 3.74. The van der Waals surface area contributed by atoms with E-state index in [-0.39, 0.29) is 0 Å². The molecule has 0 unspecified atom stereocenters. The number of benzene rings is 7. The largest absolute Gasteiger partial charge is 0.315 e. The third-order valence-corrected chi connectivity index (χ3v) is 10.2. The number of hydrogen-bond donors (Lipinski definition) is 0. The first-order valence-corrected chi connectivity index (χ1v) is 16.3. The fourth-order valence-electron chi connectivity index (χ4n) is 8.32. The Morgan fingerprint density at radius 2 is 1.04 bits per heavy atom. The Hall–Kier alpha value is -6.12. The molecule has 0 bridgehead atoms. The van der Waals surface area contributed by atoms with Crippen LogP contribution >= 0.6 is 0 Å². The summed E-state index contributed by atoms with van der Waals surface area (Å²) in [5.74, 6) is 0. The van der Waals surface area contributed by atoms with E-state index in [2.05, 4.69) is 191 Å². The molecule has 7 aromatic carbocycles. The molecule has 0 amide bonds. The van der Waals surface area contributed by atoms with Crippen molar-refractivity contribution in [2.24, 2.45) is 0 Å². The van der Waals surface area contributed by atoms with Crippen LogP contribution in [0.25, 0.3) is 55.2 Å². The van der Waals surface area contributed by atoms with Crippen LogP contribution in [0.5, 0.6) is 0 Å². The molecule has 0 radical (unpaired) electrons. The Kier molecular flexibility index (Phi) is 5.53. The first kappa shape index (κ1) is 26.1. The zero-order valence-corrected chi connectivity index (χ0v) is 25.7. The summed E-state index contributed by atoms with van der Waals surface area (Å²) >= 11 is 0. The lowest BCUT2D eigenvalue weighted by Crippen LogP contribution is -2.28. The highest BCUT2D eigenvalue weighted by molar-refractivity contribution is 6.18. The molecule has 1 aliphatic rings. The number of hydrogen-bond acceptors (Lipinski definition) is 0. The normalized spacial score (nSPS) is 13.3. The standard InChI is InChI=1S/C45H30N2/c1-4-14-32(15-5-1)45(33-16-6-2-7-17-33)40-22-12-10-20-36(40)37-27-25-35(30-41(37)45)46-29-28-31-24-26-39-38-21-11-13-23-42(38)47(44(39)43(31)46)34-18-8-3-9-19-34/h1-30H. The summed E-state index contributed by atoms with van der Waals surface area (Å²) in [7, 11) is 0. The smallest absolute Gasteiger partial charge is 0.0788 e. The van der Waals surface area contributed by atoms with Crippen molar-refractivity contribution >= 4 is 32.7 Å². The van der Waals surface area contributed by atoms with Crippen LogP contribution in [0.3, 0.4) is 0 Å². The van der Waals surface area contributed by atoms with E-state index in [4.69, 9.17) is 0 Å². The predicted octanol–water partition coefficient (Wildman–Crippen LogP) is 11.1. The van der Waals surface area contributed by atoms with Crippen molar-refractivity contribution in [3.8, 4) is 22.5 Å². The summed E-state index contributed by atoms with van der Waals surface area (Å²) in [6.07, 6.45) is 2.24. The molecule has 2 heteroatoms. The number of aromatic nitrogens is 2. The second-order valence-corrected chi connectivity index (χ2v) is 12.5. The van der Waals surface area contributed by atoms with E-state index in [0.29, 0.717) is 0 Å². The minimum absolute atomic E-state index is 0.443. The Balaban J connectivity index is 1.31. The van der Waals surface area contributed by atoms with Gasteiger partial charge < -0.3 is 9.13 Å². The highest BCUT2D eigenvalue weighted by atomic mass is 15.0. The lowest BCUT2D eigenvalue weighted by Gasteiger charge is -2.34. The average molecular weight is 599 g/mol. The number of fused-ring (bicyclic) bond motifs is 8. The molecule has 0 aliphatic heterocycles. The van der Waals surface area contributed by atoms with E-state index >= 15 is 0 Å². The average Bonchev–Trinajstić information content (AvgIpc) is 3.82. The molecule has 0 atom stereocenters. The summed E-state index contributed by atoms with van der Waals surface area (Å²) in [4.78, 5) is 0. The molecule has 9 aromatic rings. The molecule has 0 fully saturated rings. The van der Waals surface area contributed by atoms with E-state index in [1.165, 1.54) is 66.1 Å². The molecule has 0 saturated carbocycles. The van der Waals surface area contributed by atoms with Gasteiger partial charge in [-0.2, -0.15) is 0 Å². The molecular formula is C45H30N2. The van der Waals surface area contributed by atoms with Crippen molar-refractivity contribution in [1.29, 1.82) is 0 Å². The van der Waals surface area contributed by atoms with Gasteiger partial charge >= 0.3 is 0 Å². The third-order valence-electron chi connectivity index (χ3n) is 10.2. The molecular weight excluding hydrogens is 569 g/mol. The lowest BCUT2D eigenvalue weighted by molar-refractivity contribution is 0.767. The van der Waals surface area contributed by atoms with E-state index in [1.807, 2.05) is 0 Å². The van der Waals surface area contributed by atoms with Crippen LogP contribution < -0.4 is 0 Å². The first-order chi connectivity index (χ1) is 23.3. The van der Waals surface area contributed by atoms with Gasteiger partial charge in [0.05, 0.1) is 22.0 Å². The van der Waals surface area contributed by atoms with Crippen molar-refractivity contribution in [3.63, 3.8) is 0 Å². The van der Waals surface area contributed by atoms with Gasteiger partial charge in [0.25, 0.3) is 0 Å². The van der Waals surface area contributed by atoms with Crippen molar-refractivity contribution in [2.75, 3.05) is 0 Å². The Morgan fingerprint density at radius 1 is 0.404 bits per heavy atom. The maximum Gasteiger partial charge on any atom is 0.0788 e. The van der Waals surface area contributed by atoms with Crippen molar-refractivity contribution in [2.45, 2.75) is 5.41 Å². The lowest BCUT2D eigenvalue weighted by atomic mass is 9.67. The van der Waals surface area contributed by atoms with Crippen LogP contribution in [0.1, 0.15) is 22.3 Å². The molecule has 2 nitrogen and oxygen atoms in total. The predicted molar refractivity (Wildman–Crippen MR) is 195 cm³/mol. The molecule has 0 saturated heterocycles. The van der Waals surface area contributed by atoms with Crippen LogP contribution in [0.4, 0.5) is 0 Å². The van der Waals surface area contributed by atoms with Crippen molar-refractivity contribution in [3.05, 3.63) is 204 Å². The van der Waals surface area contributed by atoms with Gasteiger partial charge in [-0.15, -0.1) is 0 Å². The van der Waals surface area contributed by atoms with Gasteiger partial charge in [-0.05, 0) is 69.8 Å². The van der Waals surface area contributed by atoms with Gasteiger partial charge in [0.15, 0.2) is 0 Å². The second-order valence-electron chi connectivity index (χ2n) is 12.5. The first-order valence-electron chi connectivity index (χ1n) is 16.3. The van der Waals surface area contributed by atoms with E-state index in [9.17, 15) is 0 Å². The molecule has 0 spiro atoms. The fourth-order valence-corrected chi connectivity index (χ4v) is 8.32. The monoisotopic (exact) mass is 598 g/mol. The zero-order valence-electron chi connectivity index (χ0n) is 25.7. The second kappa shape index (κ2) is 9.94. The van der Waals surface area contributed by atoms with Crippen LogP contribution in [-0.2, 0) is 5.41 Å². The van der Waals surface area contributed by atoms with E-state index < -0.39 is 5.41 Å². The Bertz CT molecular complexity index is 2570. The fraction of sp³-hybridized carbons (Fsp3) is 0.0222. The van der Waals surface area contributed by atoms with Gasteiger partial charge in [-0.1, -0.05) is 140 Å². The topological polar surface area (TPSA) is 9.86 Å². The van der Waals surface area contributed by atoms with Gasteiger partial charge in [-0.25, -0.2) is 0 Å². The molecule has 0 N–H and O–H groups in total. The van der Waals surface area contributed by atoms with Crippen molar-refractivity contribution in [1.82, 2.24) is 9.13 Å². The van der Waals surface area contributed by atoms with Crippen molar-refractivity contribution < 1.29 is 0 Å². The highest BCUT2D eigenvalue weighted by Gasteiger charge is 2.46. The van der Waals surface area contributed by atoms with Gasteiger partial charge in [0.1, 0.15) is 0 Å². The number of para-hydroxylation sites is 2. The Morgan fingerprint density at radius 3 is 1.81 bits per heavy atom.